The molecule has 2 amide bonds. The van der Waals surface area contributed by atoms with Crippen molar-refractivity contribution >= 4 is 17.5 Å². The van der Waals surface area contributed by atoms with Gasteiger partial charge in [0, 0.05) is 12.2 Å². The van der Waals surface area contributed by atoms with Crippen LogP contribution in [0.25, 0.3) is 0 Å². The second-order valence-electron chi connectivity index (χ2n) is 6.23. The quantitative estimate of drug-likeness (QED) is 0.801. The summed E-state index contributed by atoms with van der Waals surface area (Å²) in [6, 6.07) is 14.6. The predicted octanol–water partition coefficient (Wildman–Crippen LogP) is 2.59. The molecule has 0 radical (unpaired) electrons. The summed E-state index contributed by atoms with van der Waals surface area (Å²) in [5.74, 6) is 0.762. The van der Waals surface area contributed by atoms with Gasteiger partial charge in [0.2, 0.25) is 11.8 Å². The molecule has 1 aliphatic rings. The summed E-state index contributed by atoms with van der Waals surface area (Å²) in [7, 11) is 3.20. The fourth-order valence-corrected chi connectivity index (χ4v) is 2.75. The molecule has 0 aliphatic heterocycles. The zero-order valence-electron chi connectivity index (χ0n) is 14.8. The first kappa shape index (κ1) is 17.8. The van der Waals surface area contributed by atoms with Crippen LogP contribution in [0.4, 0.5) is 5.69 Å². The number of carbonyl (C=O) groups is 2. The van der Waals surface area contributed by atoms with Gasteiger partial charge in [-0.05, 0) is 48.4 Å². The third-order valence-corrected chi connectivity index (χ3v) is 4.45. The molecular weight excluding hydrogens is 332 g/mol. The van der Waals surface area contributed by atoms with Gasteiger partial charge in [-0.15, -0.1) is 0 Å². The molecule has 26 heavy (non-hydrogen) atoms. The van der Waals surface area contributed by atoms with Crippen LogP contribution in [0.5, 0.6) is 11.5 Å². The summed E-state index contributed by atoms with van der Waals surface area (Å²) in [5.41, 5.74) is 1.68. The highest BCUT2D eigenvalue weighted by Gasteiger charge is 2.47. The molecule has 6 nitrogen and oxygen atoms in total. The predicted molar refractivity (Wildman–Crippen MR) is 98.1 cm³/mol. The van der Waals surface area contributed by atoms with Crippen LogP contribution in [0.1, 0.15) is 12.0 Å². The molecule has 1 saturated carbocycles. The van der Waals surface area contributed by atoms with E-state index in [1.807, 2.05) is 24.3 Å². The van der Waals surface area contributed by atoms with Gasteiger partial charge >= 0.3 is 0 Å². The number of hydrogen-bond acceptors (Lipinski definition) is 4. The summed E-state index contributed by atoms with van der Waals surface area (Å²) in [5, 5.41) is 5.72. The average Bonchev–Trinajstić information content (AvgIpc) is 3.48. The number of methoxy groups -OCH3 is 2. The second-order valence-corrected chi connectivity index (χ2v) is 6.23. The number of rotatable bonds is 7. The summed E-state index contributed by atoms with van der Waals surface area (Å²) in [4.78, 5) is 24.5. The highest BCUT2D eigenvalue weighted by atomic mass is 16.5. The lowest BCUT2D eigenvalue weighted by atomic mass is 10.2. The summed E-state index contributed by atoms with van der Waals surface area (Å²) in [6.07, 6.45) is 0.580. The van der Waals surface area contributed by atoms with Crippen LogP contribution in [-0.4, -0.2) is 26.0 Å². The first-order valence-corrected chi connectivity index (χ1v) is 8.46. The van der Waals surface area contributed by atoms with Crippen LogP contribution in [0.3, 0.4) is 0 Å². The van der Waals surface area contributed by atoms with Crippen molar-refractivity contribution in [3.8, 4) is 11.5 Å². The van der Waals surface area contributed by atoms with Gasteiger partial charge < -0.3 is 20.1 Å². The Hall–Kier alpha value is -3.02. The SMILES string of the molecule is COc1ccc(CNC(=O)C2CC2C(=O)Nc2ccc(OC)cc2)cc1. The van der Waals surface area contributed by atoms with Crippen molar-refractivity contribution < 1.29 is 19.1 Å². The van der Waals surface area contributed by atoms with Crippen molar-refractivity contribution in [1.82, 2.24) is 5.32 Å². The number of nitrogens with one attached hydrogen (secondary N) is 2. The molecule has 0 heterocycles. The average molecular weight is 354 g/mol. The fraction of sp³-hybridized carbons (Fsp3) is 0.300. The normalized spacial score (nSPS) is 17.9. The molecule has 1 fully saturated rings. The Morgan fingerprint density at radius 1 is 0.885 bits per heavy atom. The first-order valence-electron chi connectivity index (χ1n) is 8.46. The van der Waals surface area contributed by atoms with Crippen LogP contribution in [0.2, 0.25) is 0 Å². The van der Waals surface area contributed by atoms with Crippen LogP contribution in [0.15, 0.2) is 48.5 Å². The molecule has 2 atom stereocenters. The molecule has 3 rings (SSSR count). The maximum absolute atomic E-state index is 12.3. The minimum atomic E-state index is -0.270. The van der Waals surface area contributed by atoms with Gasteiger partial charge in [-0.3, -0.25) is 9.59 Å². The third kappa shape index (κ3) is 4.33. The van der Waals surface area contributed by atoms with E-state index in [0.717, 1.165) is 17.1 Å². The van der Waals surface area contributed by atoms with Crippen molar-refractivity contribution in [2.75, 3.05) is 19.5 Å². The number of hydrogen-bond donors (Lipinski definition) is 2. The first-order chi connectivity index (χ1) is 12.6. The van der Waals surface area contributed by atoms with Gasteiger partial charge in [0.25, 0.3) is 0 Å². The fourth-order valence-electron chi connectivity index (χ4n) is 2.75. The molecule has 2 unspecified atom stereocenters. The molecule has 0 saturated heterocycles. The van der Waals surface area contributed by atoms with Gasteiger partial charge in [-0.25, -0.2) is 0 Å². The molecule has 0 bridgehead atoms. The van der Waals surface area contributed by atoms with E-state index in [9.17, 15) is 9.59 Å². The van der Waals surface area contributed by atoms with Gasteiger partial charge in [0.15, 0.2) is 0 Å². The zero-order chi connectivity index (χ0) is 18.5. The van der Waals surface area contributed by atoms with E-state index in [-0.39, 0.29) is 23.7 Å². The Bertz CT molecular complexity index is 771. The van der Waals surface area contributed by atoms with Crippen LogP contribution in [0, 0.1) is 11.8 Å². The van der Waals surface area contributed by atoms with Crippen molar-refractivity contribution in [2.45, 2.75) is 13.0 Å². The highest BCUT2D eigenvalue weighted by Crippen LogP contribution is 2.39. The maximum Gasteiger partial charge on any atom is 0.228 e. The molecule has 6 heteroatoms. The van der Waals surface area contributed by atoms with Crippen molar-refractivity contribution in [2.24, 2.45) is 11.8 Å². The molecule has 0 spiro atoms. The van der Waals surface area contributed by atoms with E-state index in [0.29, 0.717) is 18.7 Å². The lowest BCUT2D eigenvalue weighted by Gasteiger charge is -2.07. The Morgan fingerprint density at radius 2 is 1.42 bits per heavy atom. The third-order valence-electron chi connectivity index (χ3n) is 4.45. The lowest BCUT2D eigenvalue weighted by Crippen LogP contribution is -2.27. The van der Waals surface area contributed by atoms with Crippen molar-refractivity contribution in [1.29, 1.82) is 0 Å². The minimum Gasteiger partial charge on any atom is -0.497 e. The van der Waals surface area contributed by atoms with Crippen LogP contribution in [-0.2, 0) is 16.1 Å². The van der Waals surface area contributed by atoms with E-state index < -0.39 is 0 Å². The van der Waals surface area contributed by atoms with E-state index in [2.05, 4.69) is 10.6 Å². The molecule has 0 aromatic heterocycles. The summed E-state index contributed by atoms with van der Waals surface area (Å²) in [6.45, 7) is 0.437. The van der Waals surface area contributed by atoms with E-state index in [4.69, 9.17) is 9.47 Å². The Balaban J connectivity index is 1.45. The monoisotopic (exact) mass is 354 g/mol. The van der Waals surface area contributed by atoms with E-state index in [1.165, 1.54) is 0 Å². The molecule has 136 valence electrons. The van der Waals surface area contributed by atoms with Gasteiger partial charge in [0.05, 0.1) is 26.1 Å². The van der Waals surface area contributed by atoms with E-state index >= 15 is 0 Å². The Morgan fingerprint density at radius 3 is 2.00 bits per heavy atom. The van der Waals surface area contributed by atoms with Gasteiger partial charge in [0.1, 0.15) is 11.5 Å². The number of anilines is 1. The molecule has 2 aromatic carbocycles. The lowest BCUT2D eigenvalue weighted by molar-refractivity contribution is -0.125. The van der Waals surface area contributed by atoms with Gasteiger partial charge in [-0.1, -0.05) is 12.1 Å². The summed E-state index contributed by atoms with van der Waals surface area (Å²) >= 11 is 0. The topological polar surface area (TPSA) is 76.7 Å². The van der Waals surface area contributed by atoms with Gasteiger partial charge in [-0.2, -0.15) is 0 Å². The van der Waals surface area contributed by atoms with Crippen LogP contribution >= 0.6 is 0 Å². The molecule has 2 N–H and O–H groups in total. The smallest absolute Gasteiger partial charge is 0.228 e. The molecule has 2 aromatic rings. The number of carbonyl (C=O) groups excluding carboxylic acids is 2. The summed E-state index contributed by atoms with van der Waals surface area (Å²) < 4.78 is 10.2. The number of ether oxygens (including phenoxy) is 2. The molecule has 1 aliphatic carbocycles. The van der Waals surface area contributed by atoms with E-state index in [1.54, 1.807) is 38.5 Å². The Labute approximate surface area is 152 Å². The molecular formula is C20H22N2O4. The number of amides is 2. The standard InChI is InChI=1S/C20H22N2O4/c1-25-15-7-3-13(4-8-15)12-21-19(23)17-11-18(17)20(24)22-14-5-9-16(26-2)10-6-14/h3-10,17-18H,11-12H2,1-2H3,(H,21,23)(H,22,24). The van der Waals surface area contributed by atoms with Crippen LogP contribution < -0.4 is 20.1 Å². The minimum absolute atomic E-state index is 0.0873. The van der Waals surface area contributed by atoms with Crippen molar-refractivity contribution in [3.63, 3.8) is 0 Å². The van der Waals surface area contributed by atoms with Crippen molar-refractivity contribution in [3.05, 3.63) is 54.1 Å². The Kier molecular flexibility index (Phi) is 5.41. The maximum atomic E-state index is 12.3. The zero-order valence-corrected chi connectivity index (χ0v) is 14.8. The second kappa shape index (κ2) is 7.91. The largest absolute Gasteiger partial charge is 0.497 e. The highest BCUT2D eigenvalue weighted by molar-refractivity contribution is 5.99. The number of benzene rings is 2.